The molecule has 0 radical (unpaired) electrons. The summed E-state index contributed by atoms with van der Waals surface area (Å²) in [6, 6.07) is 5.48. The van der Waals surface area contributed by atoms with E-state index in [-0.39, 0.29) is 11.3 Å². The van der Waals surface area contributed by atoms with Crippen LogP contribution in [-0.4, -0.2) is 29.0 Å². The molecule has 1 fully saturated rings. The standard InChI is InChI=1S/C15H18N4O/c16-7-6-15(4-5-15)10-19-14(20)11-2-1-3-12-13(11)18-9-8-17-12/h1-3,8-9H,4-7,10,16H2,(H,19,20). The first kappa shape index (κ1) is 13.0. The molecule has 0 aliphatic heterocycles. The predicted molar refractivity (Wildman–Crippen MR) is 77.2 cm³/mol. The summed E-state index contributed by atoms with van der Waals surface area (Å²) in [6.07, 6.45) is 6.52. The van der Waals surface area contributed by atoms with E-state index in [1.54, 1.807) is 18.5 Å². The third kappa shape index (κ3) is 2.49. The first-order chi connectivity index (χ1) is 9.74. The number of amides is 1. The van der Waals surface area contributed by atoms with Crippen LogP contribution < -0.4 is 11.1 Å². The summed E-state index contributed by atoms with van der Waals surface area (Å²) in [7, 11) is 0. The van der Waals surface area contributed by atoms with Crippen LogP contribution in [0.15, 0.2) is 30.6 Å². The summed E-state index contributed by atoms with van der Waals surface area (Å²) < 4.78 is 0. The van der Waals surface area contributed by atoms with Gasteiger partial charge in [-0.1, -0.05) is 6.07 Å². The van der Waals surface area contributed by atoms with Gasteiger partial charge in [0, 0.05) is 18.9 Å². The molecule has 1 heterocycles. The number of aromatic nitrogens is 2. The molecule has 0 atom stereocenters. The second-order valence-corrected chi connectivity index (χ2v) is 5.45. The van der Waals surface area contributed by atoms with E-state index in [1.165, 1.54) is 0 Å². The molecule has 3 N–H and O–H groups in total. The summed E-state index contributed by atoms with van der Waals surface area (Å²) in [5, 5.41) is 3.02. The van der Waals surface area contributed by atoms with Gasteiger partial charge >= 0.3 is 0 Å². The van der Waals surface area contributed by atoms with Crippen molar-refractivity contribution in [1.29, 1.82) is 0 Å². The van der Waals surface area contributed by atoms with Crippen molar-refractivity contribution in [2.45, 2.75) is 19.3 Å². The average molecular weight is 270 g/mol. The van der Waals surface area contributed by atoms with Crippen LogP contribution in [0.5, 0.6) is 0 Å². The highest BCUT2D eigenvalue weighted by molar-refractivity contribution is 6.04. The highest BCUT2D eigenvalue weighted by atomic mass is 16.1. The highest BCUT2D eigenvalue weighted by Gasteiger charge is 2.41. The van der Waals surface area contributed by atoms with E-state index >= 15 is 0 Å². The van der Waals surface area contributed by atoms with Crippen molar-refractivity contribution in [3.05, 3.63) is 36.2 Å². The van der Waals surface area contributed by atoms with Gasteiger partial charge in [-0.05, 0) is 43.4 Å². The van der Waals surface area contributed by atoms with E-state index in [0.717, 1.165) is 24.8 Å². The van der Waals surface area contributed by atoms with Crippen molar-refractivity contribution < 1.29 is 4.79 Å². The molecule has 1 aliphatic rings. The van der Waals surface area contributed by atoms with Gasteiger partial charge in [0.05, 0.1) is 11.1 Å². The van der Waals surface area contributed by atoms with Gasteiger partial charge in [0.2, 0.25) is 0 Å². The number of nitrogens with one attached hydrogen (secondary N) is 1. The third-order valence-electron chi connectivity index (χ3n) is 4.00. The van der Waals surface area contributed by atoms with Crippen LogP contribution in [-0.2, 0) is 0 Å². The lowest BCUT2D eigenvalue weighted by Gasteiger charge is -2.15. The average Bonchev–Trinajstić information content (AvgIpc) is 3.25. The Morgan fingerprint density at radius 3 is 2.85 bits per heavy atom. The first-order valence-electron chi connectivity index (χ1n) is 6.92. The van der Waals surface area contributed by atoms with Crippen molar-refractivity contribution in [2.75, 3.05) is 13.1 Å². The largest absolute Gasteiger partial charge is 0.351 e. The molecule has 5 heteroatoms. The van der Waals surface area contributed by atoms with E-state index < -0.39 is 0 Å². The number of carbonyl (C=O) groups is 1. The van der Waals surface area contributed by atoms with Gasteiger partial charge in [0.15, 0.2) is 0 Å². The quantitative estimate of drug-likeness (QED) is 0.862. The Morgan fingerprint density at radius 1 is 1.30 bits per heavy atom. The minimum atomic E-state index is -0.0839. The Hall–Kier alpha value is -2.01. The van der Waals surface area contributed by atoms with Crippen LogP contribution >= 0.6 is 0 Å². The fraction of sp³-hybridized carbons (Fsp3) is 0.400. The minimum Gasteiger partial charge on any atom is -0.351 e. The zero-order valence-corrected chi connectivity index (χ0v) is 11.3. The molecule has 20 heavy (non-hydrogen) atoms. The molecule has 1 saturated carbocycles. The normalized spacial score (nSPS) is 16.1. The summed E-state index contributed by atoms with van der Waals surface area (Å²) in [4.78, 5) is 20.8. The number of nitrogens with two attached hydrogens (primary N) is 1. The maximum Gasteiger partial charge on any atom is 0.253 e. The molecule has 0 unspecified atom stereocenters. The molecule has 1 amide bonds. The topological polar surface area (TPSA) is 80.9 Å². The number of fused-ring (bicyclic) bond motifs is 1. The number of carbonyl (C=O) groups excluding carboxylic acids is 1. The molecule has 1 aromatic heterocycles. The lowest BCUT2D eigenvalue weighted by atomic mass is 10.0. The van der Waals surface area contributed by atoms with E-state index in [4.69, 9.17) is 5.73 Å². The van der Waals surface area contributed by atoms with E-state index in [0.29, 0.717) is 24.2 Å². The molecule has 0 bridgehead atoms. The Kier molecular flexibility index (Phi) is 3.36. The van der Waals surface area contributed by atoms with Crippen molar-refractivity contribution in [3.63, 3.8) is 0 Å². The summed E-state index contributed by atoms with van der Waals surface area (Å²) in [5.74, 6) is -0.0839. The lowest BCUT2D eigenvalue weighted by Crippen LogP contribution is -2.31. The van der Waals surface area contributed by atoms with Gasteiger partial charge in [-0.15, -0.1) is 0 Å². The Labute approximate surface area is 117 Å². The predicted octanol–water partition coefficient (Wildman–Crippen LogP) is 1.49. The highest BCUT2D eigenvalue weighted by Crippen LogP contribution is 2.47. The number of benzene rings is 1. The van der Waals surface area contributed by atoms with Gasteiger partial charge in [-0.25, -0.2) is 0 Å². The van der Waals surface area contributed by atoms with Gasteiger partial charge in [0.1, 0.15) is 5.52 Å². The molecule has 0 saturated heterocycles. The number of hydrogen-bond donors (Lipinski definition) is 2. The van der Waals surface area contributed by atoms with E-state index in [1.807, 2.05) is 12.1 Å². The minimum absolute atomic E-state index is 0.0839. The summed E-state index contributed by atoms with van der Waals surface area (Å²) in [5.41, 5.74) is 7.82. The van der Waals surface area contributed by atoms with Crippen LogP contribution in [0.2, 0.25) is 0 Å². The molecule has 3 rings (SSSR count). The van der Waals surface area contributed by atoms with E-state index in [9.17, 15) is 4.79 Å². The second-order valence-electron chi connectivity index (χ2n) is 5.45. The molecule has 5 nitrogen and oxygen atoms in total. The Morgan fingerprint density at radius 2 is 2.10 bits per heavy atom. The number of nitrogens with zero attached hydrogens (tertiary/aromatic N) is 2. The molecule has 1 aliphatic carbocycles. The van der Waals surface area contributed by atoms with Crippen molar-refractivity contribution in [1.82, 2.24) is 15.3 Å². The number of rotatable bonds is 5. The maximum absolute atomic E-state index is 12.3. The fourth-order valence-corrected chi connectivity index (χ4v) is 2.54. The Bertz CT molecular complexity index is 631. The third-order valence-corrected chi connectivity index (χ3v) is 4.00. The SMILES string of the molecule is NCCC1(CNC(=O)c2cccc3nccnc23)CC1. The van der Waals surface area contributed by atoms with Crippen molar-refractivity contribution in [3.8, 4) is 0 Å². The number of hydrogen-bond acceptors (Lipinski definition) is 4. The van der Waals surface area contributed by atoms with E-state index in [2.05, 4.69) is 15.3 Å². The second kappa shape index (κ2) is 5.17. The van der Waals surface area contributed by atoms with Gasteiger partial charge in [0.25, 0.3) is 5.91 Å². The van der Waals surface area contributed by atoms with Gasteiger partial charge in [-0.2, -0.15) is 0 Å². The van der Waals surface area contributed by atoms with Crippen LogP contribution in [0.3, 0.4) is 0 Å². The lowest BCUT2D eigenvalue weighted by molar-refractivity contribution is 0.0945. The van der Waals surface area contributed by atoms with Crippen LogP contribution in [0, 0.1) is 5.41 Å². The molecular weight excluding hydrogens is 252 g/mol. The van der Waals surface area contributed by atoms with Crippen molar-refractivity contribution in [2.24, 2.45) is 11.1 Å². The first-order valence-corrected chi connectivity index (χ1v) is 6.92. The smallest absolute Gasteiger partial charge is 0.253 e. The molecule has 2 aromatic rings. The molecule has 1 aromatic carbocycles. The monoisotopic (exact) mass is 270 g/mol. The zero-order valence-electron chi connectivity index (χ0n) is 11.3. The fourth-order valence-electron chi connectivity index (χ4n) is 2.54. The Balaban J connectivity index is 1.76. The van der Waals surface area contributed by atoms with Crippen LogP contribution in [0.25, 0.3) is 11.0 Å². The van der Waals surface area contributed by atoms with Crippen LogP contribution in [0.4, 0.5) is 0 Å². The zero-order chi connectivity index (χ0) is 14.0. The maximum atomic E-state index is 12.3. The molecule has 0 spiro atoms. The van der Waals surface area contributed by atoms with Gasteiger partial charge in [-0.3, -0.25) is 14.8 Å². The van der Waals surface area contributed by atoms with Gasteiger partial charge < -0.3 is 11.1 Å². The summed E-state index contributed by atoms with van der Waals surface area (Å²) in [6.45, 7) is 1.37. The number of para-hydroxylation sites is 1. The summed E-state index contributed by atoms with van der Waals surface area (Å²) >= 11 is 0. The molecule has 104 valence electrons. The van der Waals surface area contributed by atoms with Crippen LogP contribution in [0.1, 0.15) is 29.6 Å². The molecular formula is C15H18N4O. The van der Waals surface area contributed by atoms with Crippen molar-refractivity contribution >= 4 is 16.9 Å².